The predicted molar refractivity (Wildman–Crippen MR) is 96.0 cm³/mol. The number of aromatic nitrogens is 1. The average Bonchev–Trinajstić information content (AvgIpc) is 2.60. The molecule has 2 N–H and O–H groups in total. The first kappa shape index (κ1) is 18.6. The third kappa shape index (κ3) is 5.69. The molecule has 2 amide bonds. The van der Waals surface area contributed by atoms with Gasteiger partial charge < -0.3 is 15.4 Å². The van der Waals surface area contributed by atoms with Gasteiger partial charge in [-0.15, -0.1) is 0 Å². The summed E-state index contributed by atoms with van der Waals surface area (Å²) >= 11 is 0. The van der Waals surface area contributed by atoms with Crippen molar-refractivity contribution in [2.45, 2.75) is 26.4 Å². The van der Waals surface area contributed by atoms with Crippen molar-refractivity contribution in [1.29, 1.82) is 0 Å². The van der Waals surface area contributed by atoms with Gasteiger partial charge in [-0.25, -0.2) is 0 Å². The molecule has 0 aliphatic carbocycles. The molecule has 0 saturated carbocycles. The fraction of sp³-hybridized carbons (Fsp3) is 0.316. The number of hydrogen-bond acceptors (Lipinski definition) is 4. The quantitative estimate of drug-likeness (QED) is 0.809. The molecule has 0 aliphatic heterocycles. The molecule has 6 heteroatoms. The van der Waals surface area contributed by atoms with Crippen molar-refractivity contribution in [1.82, 2.24) is 15.6 Å². The fourth-order valence-corrected chi connectivity index (χ4v) is 2.32. The van der Waals surface area contributed by atoms with Crippen molar-refractivity contribution in [3.63, 3.8) is 0 Å². The highest BCUT2D eigenvalue weighted by atomic mass is 16.5. The maximum absolute atomic E-state index is 12.1. The van der Waals surface area contributed by atoms with Crippen LogP contribution in [0.2, 0.25) is 0 Å². The molecular formula is C19H23N3O3. The molecule has 1 aromatic heterocycles. The van der Waals surface area contributed by atoms with E-state index < -0.39 is 0 Å². The van der Waals surface area contributed by atoms with Crippen LogP contribution in [0.25, 0.3) is 11.3 Å². The minimum Gasteiger partial charge on any atom is -0.383 e. The van der Waals surface area contributed by atoms with E-state index in [0.29, 0.717) is 18.7 Å². The second kappa shape index (κ2) is 8.94. The Hall–Kier alpha value is -2.73. The van der Waals surface area contributed by atoms with Crippen LogP contribution in [0, 0.1) is 0 Å². The third-order valence-corrected chi connectivity index (χ3v) is 3.60. The Balaban J connectivity index is 2.01. The van der Waals surface area contributed by atoms with E-state index in [1.165, 1.54) is 6.92 Å². The first-order chi connectivity index (χ1) is 12.0. The first-order valence-electron chi connectivity index (χ1n) is 8.09. The number of rotatable bonds is 7. The summed E-state index contributed by atoms with van der Waals surface area (Å²) in [6.45, 7) is 4.30. The number of nitrogens with zero attached hydrogens (tertiary/aromatic N) is 1. The summed E-state index contributed by atoms with van der Waals surface area (Å²) in [6.07, 6.45) is 1.73. The van der Waals surface area contributed by atoms with Crippen molar-refractivity contribution >= 4 is 11.8 Å². The van der Waals surface area contributed by atoms with E-state index in [1.807, 2.05) is 31.2 Å². The van der Waals surface area contributed by atoms with Gasteiger partial charge >= 0.3 is 0 Å². The Morgan fingerprint density at radius 1 is 1.16 bits per heavy atom. The summed E-state index contributed by atoms with van der Waals surface area (Å²) in [7, 11) is 1.60. The average molecular weight is 341 g/mol. The molecule has 6 nitrogen and oxygen atoms in total. The van der Waals surface area contributed by atoms with Gasteiger partial charge in [0, 0.05) is 43.9 Å². The maximum Gasteiger partial charge on any atom is 0.251 e. The van der Waals surface area contributed by atoms with E-state index in [9.17, 15) is 9.59 Å². The minimum atomic E-state index is -0.130. The number of benzene rings is 1. The van der Waals surface area contributed by atoms with E-state index in [0.717, 1.165) is 16.8 Å². The Kier molecular flexibility index (Phi) is 6.65. The van der Waals surface area contributed by atoms with Crippen LogP contribution in [0.15, 0.2) is 42.6 Å². The zero-order chi connectivity index (χ0) is 18.2. The molecule has 0 radical (unpaired) electrons. The summed E-state index contributed by atoms with van der Waals surface area (Å²) in [5, 5.41) is 5.61. The number of carbonyl (C=O) groups excluding carboxylic acids is 2. The molecule has 0 bridgehead atoms. The van der Waals surface area contributed by atoms with E-state index in [4.69, 9.17) is 4.74 Å². The van der Waals surface area contributed by atoms with Crippen molar-refractivity contribution < 1.29 is 14.3 Å². The number of carbonyl (C=O) groups is 2. The van der Waals surface area contributed by atoms with Crippen LogP contribution in [0.4, 0.5) is 0 Å². The number of hydrogen-bond donors (Lipinski definition) is 2. The number of nitrogens with one attached hydrogen (secondary N) is 2. The normalized spacial score (nSPS) is 11.6. The highest BCUT2D eigenvalue weighted by Gasteiger charge is 2.10. The third-order valence-electron chi connectivity index (χ3n) is 3.60. The van der Waals surface area contributed by atoms with Crippen LogP contribution >= 0.6 is 0 Å². The second-order valence-electron chi connectivity index (χ2n) is 5.87. The zero-order valence-electron chi connectivity index (χ0n) is 14.7. The largest absolute Gasteiger partial charge is 0.383 e. The van der Waals surface area contributed by atoms with Gasteiger partial charge in [-0.1, -0.05) is 18.2 Å². The lowest BCUT2D eigenvalue weighted by atomic mass is 10.1. The lowest BCUT2D eigenvalue weighted by molar-refractivity contribution is -0.119. The van der Waals surface area contributed by atoms with Gasteiger partial charge in [0.15, 0.2) is 0 Å². The summed E-state index contributed by atoms with van der Waals surface area (Å²) < 4.78 is 5.01. The zero-order valence-corrected chi connectivity index (χ0v) is 14.7. The van der Waals surface area contributed by atoms with Gasteiger partial charge in [0.1, 0.15) is 0 Å². The molecule has 1 heterocycles. The standard InChI is InChI=1S/C19H23N3O3/c1-13(12-25-3)22-19(24)17-7-5-16(6-8-17)18-9-4-15(11-21-18)10-20-14(2)23/h4-9,11,13H,10,12H2,1-3H3,(H,20,23)(H,22,24)/t13-/m0/s1. The summed E-state index contributed by atoms with van der Waals surface area (Å²) in [6, 6.07) is 11.1. The Morgan fingerprint density at radius 2 is 1.88 bits per heavy atom. The number of ether oxygens (including phenoxy) is 1. The SMILES string of the molecule is COC[C@H](C)NC(=O)c1ccc(-c2ccc(CNC(C)=O)cn2)cc1. The summed E-state index contributed by atoms with van der Waals surface area (Å²) in [4.78, 5) is 27.5. The van der Waals surface area contributed by atoms with Gasteiger partial charge in [0.25, 0.3) is 5.91 Å². The number of amides is 2. The Bertz CT molecular complexity index is 712. The van der Waals surface area contributed by atoms with Crippen molar-refractivity contribution in [3.8, 4) is 11.3 Å². The lowest BCUT2D eigenvalue weighted by Crippen LogP contribution is -2.35. The van der Waals surface area contributed by atoms with E-state index in [1.54, 1.807) is 25.4 Å². The van der Waals surface area contributed by atoms with Gasteiger partial charge in [-0.05, 0) is 30.7 Å². The van der Waals surface area contributed by atoms with Crippen molar-refractivity contribution in [2.24, 2.45) is 0 Å². The topological polar surface area (TPSA) is 80.3 Å². The molecule has 0 fully saturated rings. The van der Waals surface area contributed by atoms with Gasteiger partial charge in [-0.2, -0.15) is 0 Å². The van der Waals surface area contributed by atoms with Crippen molar-refractivity contribution in [2.75, 3.05) is 13.7 Å². The van der Waals surface area contributed by atoms with Crippen LogP contribution < -0.4 is 10.6 Å². The molecule has 2 aromatic rings. The van der Waals surface area contributed by atoms with Crippen LogP contribution in [0.3, 0.4) is 0 Å². The van der Waals surface area contributed by atoms with Crippen LogP contribution in [-0.4, -0.2) is 36.6 Å². The van der Waals surface area contributed by atoms with Crippen LogP contribution in [0.1, 0.15) is 29.8 Å². The molecule has 2 rings (SSSR count). The number of methoxy groups -OCH3 is 1. The van der Waals surface area contributed by atoms with Crippen LogP contribution in [-0.2, 0) is 16.1 Å². The molecule has 132 valence electrons. The molecule has 0 unspecified atom stereocenters. The molecule has 0 saturated heterocycles. The lowest BCUT2D eigenvalue weighted by Gasteiger charge is -2.12. The van der Waals surface area contributed by atoms with Crippen molar-refractivity contribution in [3.05, 3.63) is 53.7 Å². The highest BCUT2D eigenvalue weighted by molar-refractivity contribution is 5.94. The predicted octanol–water partition coefficient (Wildman–Crippen LogP) is 2.15. The molecule has 0 spiro atoms. The number of pyridine rings is 1. The summed E-state index contributed by atoms with van der Waals surface area (Å²) in [5.74, 6) is -0.201. The fourth-order valence-electron chi connectivity index (χ4n) is 2.32. The van der Waals surface area contributed by atoms with E-state index in [-0.39, 0.29) is 17.9 Å². The molecule has 1 atom stereocenters. The maximum atomic E-state index is 12.1. The first-order valence-corrected chi connectivity index (χ1v) is 8.09. The van der Waals surface area contributed by atoms with Gasteiger partial charge in [0.2, 0.25) is 5.91 Å². The van der Waals surface area contributed by atoms with Gasteiger partial charge in [-0.3, -0.25) is 14.6 Å². The van der Waals surface area contributed by atoms with Crippen LogP contribution in [0.5, 0.6) is 0 Å². The monoisotopic (exact) mass is 341 g/mol. The Labute approximate surface area is 147 Å². The van der Waals surface area contributed by atoms with Gasteiger partial charge in [0.05, 0.1) is 12.3 Å². The minimum absolute atomic E-state index is 0.0463. The molecular weight excluding hydrogens is 318 g/mol. The van der Waals surface area contributed by atoms with E-state index in [2.05, 4.69) is 15.6 Å². The van der Waals surface area contributed by atoms with E-state index >= 15 is 0 Å². The second-order valence-corrected chi connectivity index (χ2v) is 5.87. The molecule has 25 heavy (non-hydrogen) atoms. The molecule has 1 aromatic carbocycles. The smallest absolute Gasteiger partial charge is 0.251 e. The summed E-state index contributed by atoms with van der Waals surface area (Å²) in [5.41, 5.74) is 3.26. The highest BCUT2D eigenvalue weighted by Crippen LogP contribution is 2.18. The Morgan fingerprint density at radius 3 is 2.44 bits per heavy atom. The molecule has 0 aliphatic rings.